The highest BCUT2D eigenvalue weighted by Gasteiger charge is 2.43. The van der Waals surface area contributed by atoms with E-state index in [9.17, 15) is 9.90 Å². The van der Waals surface area contributed by atoms with Crippen LogP contribution in [-0.4, -0.2) is 17.0 Å². The molecule has 2 rings (SSSR count). The number of carbonyl (C=O) groups excluding carboxylic acids is 1. The fourth-order valence-electron chi connectivity index (χ4n) is 3.66. The molecule has 0 aliphatic heterocycles. The normalized spacial score (nSPS) is 25.6. The van der Waals surface area contributed by atoms with E-state index in [4.69, 9.17) is 0 Å². The zero-order valence-corrected chi connectivity index (χ0v) is 10.2. The fourth-order valence-corrected chi connectivity index (χ4v) is 3.66. The third-order valence-electron chi connectivity index (χ3n) is 4.71. The van der Waals surface area contributed by atoms with Crippen molar-refractivity contribution in [2.24, 2.45) is 11.8 Å². The quantitative estimate of drug-likeness (QED) is 0.748. The second kappa shape index (κ2) is 5.31. The van der Waals surface area contributed by atoms with Crippen LogP contribution >= 0.6 is 0 Å². The maximum Gasteiger partial charge on any atom is 0.152 e. The van der Waals surface area contributed by atoms with Crippen molar-refractivity contribution in [2.75, 3.05) is 0 Å². The Bertz CT molecular complexity index is 207. The molecule has 2 aliphatic carbocycles. The largest absolute Gasteiger partial charge is 0.382 e. The molecule has 16 heavy (non-hydrogen) atoms. The van der Waals surface area contributed by atoms with Gasteiger partial charge < -0.3 is 9.90 Å². The molecule has 2 saturated carbocycles. The standard InChI is InChI=1S/C14H24O2/c15-11-14(16,12-7-3-1-4-8-12)13-9-5-2-6-10-13/h11-13,16H,1-10H2. The molecule has 0 aromatic heterocycles. The first-order valence-electron chi connectivity index (χ1n) is 6.96. The lowest BCUT2D eigenvalue weighted by Gasteiger charge is -2.41. The van der Waals surface area contributed by atoms with Gasteiger partial charge in [0, 0.05) is 0 Å². The zero-order chi connectivity index (χ0) is 11.4. The van der Waals surface area contributed by atoms with Gasteiger partial charge in [-0.2, -0.15) is 0 Å². The summed E-state index contributed by atoms with van der Waals surface area (Å²) in [5.74, 6) is 0.476. The van der Waals surface area contributed by atoms with E-state index in [2.05, 4.69) is 0 Å². The van der Waals surface area contributed by atoms with E-state index in [1.54, 1.807) is 0 Å². The molecule has 2 fully saturated rings. The molecular formula is C14H24O2. The summed E-state index contributed by atoms with van der Waals surface area (Å²) in [7, 11) is 0. The molecule has 1 N–H and O–H groups in total. The Kier molecular flexibility index (Phi) is 4.01. The Morgan fingerprint density at radius 2 is 1.19 bits per heavy atom. The van der Waals surface area contributed by atoms with E-state index in [0.29, 0.717) is 0 Å². The Labute approximate surface area is 98.4 Å². The van der Waals surface area contributed by atoms with Crippen molar-refractivity contribution in [2.45, 2.75) is 69.8 Å². The molecule has 0 spiro atoms. The summed E-state index contributed by atoms with van der Waals surface area (Å²) in [6.07, 6.45) is 12.4. The van der Waals surface area contributed by atoms with Gasteiger partial charge in [0.15, 0.2) is 6.29 Å². The summed E-state index contributed by atoms with van der Waals surface area (Å²) < 4.78 is 0. The van der Waals surface area contributed by atoms with Crippen molar-refractivity contribution >= 4 is 6.29 Å². The van der Waals surface area contributed by atoms with Gasteiger partial charge in [0.1, 0.15) is 5.60 Å². The molecule has 2 heteroatoms. The van der Waals surface area contributed by atoms with Gasteiger partial charge in [-0.3, -0.25) is 0 Å². The minimum atomic E-state index is -0.999. The van der Waals surface area contributed by atoms with Gasteiger partial charge in [-0.15, -0.1) is 0 Å². The number of aldehydes is 1. The van der Waals surface area contributed by atoms with Crippen LogP contribution in [0.4, 0.5) is 0 Å². The van der Waals surface area contributed by atoms with Gasteiger partial charge in [0.05, 0.1) is 0 Å². The van der Waals surface area contributed by atoms with Crippen LogP contribution in [0, 0.1) is 11.8 Å². The summed E-state index contributed by atoms with van der Waals surface area (Å²) in [6, 6.07) is 0. The number of hydrogen-bond acceptors (Lipinski definition) is 2. The fraction of sp³-hybridized carbons (Fsp3) is 0.929. The second-order valence-electron chi connectivity index (χ2n) is 5.68. The van der Waals surface area contributed by atoms with Crippen molar-refractivity contribution in [3.63, 3.8) is 0 Å². The molecule has 0 aromatic carbocycles. The molecule has 2 nitrogen and oxygen atoms in total. The molecule has 2 aliphatic rings. The second-order valence-corrected chi connectivity index (χ2v) is 5.68. The number of carbonyl (C=O) groups is 1. The highest BCUT2D eigenvalue weighted by Crippen LogP contribution is 2.41. The van der Waals surface area contributed by atoms with Gasteiger partial charge in [-0.1, -0.05) is 38.5 Å². The topological polar surface area (TPSA) is 37.3 Å². The molecule has 0 atom stereocenters. The molecule has 92 valence electrons. The molecule has 0 aromatic rings. The minimum Gasteiger partial charge on any atom is -0.382 e. The Hall–Kier alpha value is -0.370. The molecule has 0 saturated heterocycles. The average molecular weight is 224 g/mol. The Morgan fingerprint density at radius 3 is 1.50 bits per heavy atom. The van der Waals surface area contributed by atoms with E-state index in [1.165, 1.54) is 38.5 Å². The van der Waals surface area contributed by atoms with Crippen molar-refractivity contribution in [1.82, 2.24) is 0 Å². The third kappa shape index (κ3) is 2.32. The zero-order valence-electron chi connectivity index (χ0n) is 10.2. The number of hydrogen-bond donors (Lipinski definition) is 1. The maximum absolute atomic E-state index is 11.4. The van der Waals surface area contributed by atoms with Gasteiger partial charge >= 0.3 is 0 Å². The van der Waals surface area contributed by atoms with E-state index >= 15 is 0 Å². The predicted octanol–water partition coefficient (Wildman–Crippen LogP) is 3.08. The van der Waals surface area contributed by atoms with Crippen LogP contribution in [0.5, 0.6) is 0 Å². The Morgan fingerprint density at radius 1 is 0.812 bits per heavy atom. The Balaban J connectivity index is 2.06. The first-order valence-corrected chi connectivity index (χ1v) is 6.96. The van der Waals surface area contributed by atoms with E-state index in [1.807, 2.05) is 0 Å². The van der Waals surface area contributed by atoms with Crippen molar-refractivity contribution in [1.29, 1.82) is 0 Å². The maximum atomic E-state index is 11.4. The van der Waals surface area contributed by atoms with E-state index in [0.717, 1.165) is 32.0 Å². The first kappa shape index (κ1) is 12.1. The third-order valence-corrected chi connectivity index (χ3v) is 4.71. The summed E-state index contributed by atoms with van der Waals surface area (Å²) in [5, 5.41) is 10.7. The van der Waals surface area contributed by atoms with Crippen molar-refractivity contribution < 1.29 is 9.90 Å². The first-order chi connectivity index (χ1) is 7.77. The lowest BCUT2D eigenvalue weighted by Crippen LogP contribution is -2.48. The molecular weight excluding hydrogens is 200 g/mol. The highest BCUT2D eigenvalue weighted by molar-refractivity contribution is 5.63. The van der Waals surface area contributed by atoms with Gasteiger partial charge in [-0.25, -0.2) is 0 Å². The number of aliphatic hydroxyl groups is 1. The lowest BCUT2D eigenvalue weighted by atomic mass is 9.67. The van der Waals surface area contributed by atoms with Gasteiger partial charge in [-0.05, 0) is 37.5 Å². The molecule has 0 radical (unpaired) electrons. The van der Waals surface area contributed by atoms with Gasteiger partial charge in [0.25, 0.3) is 0 Å². The van der Waals surface area contributed by atoms with Gasteiger partial charge in [0.2, 0.25) is 0 Å². The van der Waals surface area contributed by atoms with Crippen LogP contribution in [-0.2, 0) is 4.79 Å². The molecule has 0 unspecified atom stereocenters. The summed E-state index contributed by atoms with van der Waals surface area (Å²) >= 11 is 0. The molecule has 0 heterocycles. The van der Waals surface area contributed by atoms with Crippen LogP contribution in [0.1, 0.15) is 64.2 Å². The lowest BCUT2D eigenvalue weighted by molar-refractivity contribution is -0.142. The van der Waals surface area contributed by atoms with E-state index in [-0.39, 0.29) is 11.8 Å². The van der Waals surface area contributed by atoms with E-state index < -0.39 is 5.60 Å². The van der Waals surface area contributed by atoms with Crippen LogP contribution in [0.25, 0.3) is 0 Å². The van der Waals surface area contributed by atoms with Crippen LogP contribution < -0.4 is 0 Å². The van der Waals surface area contributed by atoms with Crippen LogP contribution in [0.2, 0.25) is 0 Å². The average Bonchev–Trinajstić information content (AvgIpc) is 2.40. The summed E-state index contributed by atoms with van der Waals surface area (Å²) in [4.78, 5) is 11.4. The van der Waals surface area contributed by atoms with Crippen molar-refractivity contribution in [3.8, 4) is 0 Å². The predicted molar refractivity (Wildman–Crippen MR) is 64.2 cm³/mol. The van der Waals surface area contributed by atoms with Crippen LogP contribution in [0.3, 0.4) is 0 Å². The summed E-state index contributed by atoms with van der Waals surface area (Å²) in [5.41, 5.74) is -0.999. The molecule has 0 bridgehead atoms. The SMILES string of the molecule is O=CC(O)(C1CCCCC1)C1CCCCC1. The smallest absolute Gasteiger partial charge is 0.152 e. The minimum absolute atomic E-state index is 0.238. The highest BCUT2D eigenvalue weighted by atomic mass is 16.3. The monoisotopic (exact) mass is 224 g/mol. The van der Waals surface area contributed by atoms with Crippen molar-refractivity contribution in [3.05, 3.63) is 0 Å². The number of rotatable bonds is 3. The molecule has 0 amide bonds. The van der Waals surface area contributed by atoms with Crippen LogP contribution in [0.15, 0.2) is 0 Å². The summed E-state index contributed by atoms with van der Waals surface area (Å²) in [6.45, 7) is 0.